The lowest BCUT2D eigenvalue weighted by molar-refractivity contribution is 0.410. The largest absolute Gasteiger partial charge is 0.506 e. The molecule has 1 aliphatic heterocycles. The van der Waals surface area contributed by atoms with Gasteiger partial charge >= 0.3 is 5.63 Å². The first-order chi connectivity index (χ1) is 15.2. The molecule has 31 heavy (non-hydrogen) atoms. The van der Waals surface area contributed by atoms with Crippen LogP contribution in [0.2, 0.25) is 0 Å². The predicted octanol–water partition coefficient (Wildman–Crippen LogP) is 5.81. The van der Waals surface area contributed by atoms with E-state index in [1.54, 1.807) is 43.1 Å². The summed E-state index contributed by atoms with van der Waals surface area (Å²) >= 11 is 1.64. The molecule has 4 aromatic rings. The molecule has 0 amide bonds. The van der Waals surface area contributed by atoms with Gasteiger partial charge in [-0.25, -0.2) is 4.79 Å². The highest BCUT2D eigenvalue weighted by atomic mass is 32.2. The number of rotatable bonds is 3. The smallest absolute Gasteiger partial charge is 0.349 e. The molecule has 0 aliphatic carbocycles. The van der Waals surface area contributed by atoms with Crippen molar-refractivity contribution in [2.75, 3.05) is 12.4 Å². The van der Waals surface area contributed by atoms with Gasteiger partial charge in [-0.3, -0.25) is 0 Å². The number of nitrogens with one attached hydrogen (secondary N) is 1. The Bertz CT molecular complexity index is 1380. The van der Waals surface area contributed by atoms with Crippen LogP contribution < -0.4 is 15.7 Å². The number of hydrogen-bond donors (Lipinski definition) is 2. The molecule has 1 atom stereocenters. The molecular weight excluding hydrogens is 410 g/mol. The number of ether oxygens (including phenoxy) is 1. The van der Waals surface area contributed by atoms with Crippen molar-refractivity contribution in [1.29, 1.82) is 0 Å². The molecule has 0 radical (unpaired) electrons. The van der Waals surface area contributed by atoms with E-state index in [0.717, 1.165) is 21.9 Å². The van der Waals surface area contributed by atoms with E-state index < -0.39 is 5.63 Å². The molecule has 0 fully saturated rings. The lowest BCUT2D eigenvalue weighted by atomic mass is 10.0. The SMILES string of the molecule is COc1ccccc1C1C=C(c2c(O)c3ccccc3oc2=O)Nc2ccccc2S1. The summed E-state index contributed by atoms with van der Waals surface area (Å²) in [6, 6.07) is 22.6. The van der Waals surface area contributed by atoms with Crippen molar-refractivity contribution in [3.63, 3.8) is 0 Å². The van der Waals surface area contributed by atoms with Crippen LogP contribution in [-0.4, -0.2) is 12.2 Å². The van der Waals surface area contributed by atoms with Crippen LogP contribution in [-0.2, 0) is 0 Å². The maximum absolute atomic E-state index is 12.9. The van der Waals surface area contributed by atoms with Gasteiger partial charge in [0.15, 0.2) is 0 Å². The zero-order valence-corrected chi connectivity index (χ0v) is 17.5. The molecule has 5 nitrogen and oxygen atoms in total. The Morgan fingerprint density at radius 1 is 1.00 bits per heavy atom. The quantitative estimate of drug-likeness (QED) is 0.401. The van der Waals surface area contributed by atoms with Crippen LogP contribution in [0, 0.1) is 0 Å². The summed E-state index contributed by atoms with van der Waals surface area (Å²) in [5.74, 6) is 0.651. The molecule has 2 N–H and O–H groups in total. The van der Waals surface area contributed by atoms with Crippen molar-refractivity contribution in [3.8, 4) is 11.5 Å². The Balaban J connectivity index is 1.74. The molecule has 5 rings (SSSR count). The fraction of sp³-hybridized carbons (Fsp3) is 0.0800. The molecule has 2 heterocycles. The number of methoxy groups -OCH3 is 1. The Hall–Kier alpha value is -3.64. The van der Waals surface area contributed by atoms with E-state index in [1.165, 1.54) is 0 Å². The molecular formula is C25H19NO4S. The van der Waals surface area contributed by atoms with Gasteiger partial charge in [-0.1, -0.05) is 42.5 Å². The Morgan fingerprint density at radius 3 is 2.61 bits per heavy atom. The number of fused-ring (bicyclic) bond motifs is 2. The third-order valence-electron chi connectivity index (χ3n) is 5.23. The molecule has 3 aromatic carbocycles. The summed E-state index contributed by atoms with van der Waals surface area (Å²) < 4.78 is 11.1. The number of hydrogen-bond acceptors (Lipinski definition) is 6. The van der Waals surface area contributed by atoms with Gasteiger partial charge in [0.05, 0.1) is 29.1 Å². The van der Waals surface area contributed by atoms with E-state index in [2.05, 4.69) is 5.32 Å². The summed E-state index contributed by atoms with van der Waals surface area (Å²) in [5, 5.41) is 14.7. The zero-order valence-electron chi connectivity index (χ0n) is 16.7. The second kappa shape index (κ2) is 7.89. The normalized spacial score (nSPS) is 15.5. The fourth-order valence-corrected chi connectivity index (χ4v) is 4.96. The minimum absolute atomic E-state index is 0.103. The van der Waals surface area contributed by atoms with E-state index >= 15 is 0 Å². The standard InChI is InChI=1S/C25H19NO4S/c1-29-19-11-5-2-8-15(19)22-14-18(26-17-10-4-7-13-21(17)31-22)23-24(27)16-9-3-6-12-20(16)30-25(23)28/h2-14,22,26-27H,1H3. The maximum atomic E-state index is 12.9. The van der Waals surface area contributed by atoms with Crippen LogP contribution in [0.1, 0.15) is 16.4 Å². The molecule has 1 unspecified atom stereocenters. The third-order valence-corrected chi connectivity index (χ3v) is 6.48. The lowest BCUT2D eigenvalue weighted by Gasteiger charge is -2.16. The highest BCUT2D eigenvalue weighted by Gasteiger charge is 2.25. The zero-order chi connectivity index (χ0) is 21.4. The minimum atomic E-state index is -0.599. The van der Waals surface area contributed by atoms with Crippen LogP contribution in [0.15, 0.2) is 93.0 Å². The summed E-state index contributed by atoms with van der Waals surface area (Å²) in [6.45, 7) is 0. The predicted molar refractivity (Wildman–Crippen MR) is 124 cm³/mol. The molecule has 6 heteroatoms. The summed E-state index contributed by atoms with van der Waals surface area (Å²) in [6.07, 6.45) is 1.93. The Morgan fingerprint density at radius 2 is 1.74 bits per heavy atom. The number of thioether (sulfide) groups is 1. The summed E-state index contributed by atoms with van der Waals surface area (Å²) in [7, 11) is 1.64. The van der Waals surface area contributed by atoms with Crippen molar-refractivity contribution >= 4 is 34.1 Å². The van der Waals surface area contributed by atoms with Crippen molar-refractivity contribution in [3.05, 3.63) is 100 Å². The third kappa shape index (κ3) is 3.45. The van der Waals surface area contributed by atoms with Gasteiger partial charge < -0.3 is 19.6 Å². The van der Waals surface area contributed by atoms with E-state index in [1.807, 2.05) is 54.6 Å². The number of benzene rings is 3. The van der Waals surface area contributed by atoms with Gasteiger partial charge in [-0.05, 0) is 36.4 Å². The van der Waals surface area contributed by atoms with E-state index in [-0.39, 0.29) is 16.6 Å². The first kappa shape index (κ1) is 19.3. The van der Waals surface area contributed by atoms with Gasteiger partial charge in [0.2, 0.25) is 0 Å². The number of aromatic hydroxyl groups is 1. The highest BCUT2D eigenvalue weighted by molar-refractivity contribution is 7.99. The molecule has 0 spiro atoms. The van der Waals surface area contributed by atoms with Gasteiger partial charge in [0.1, 0.15) is 22.6 Å². The van der Waals surface area contributed by atoms with E-state index in [4.69, 9.17) is 9.15 Å². The van der Waals surface area contributed by atoms with Crippen molar-refractivity contribution in [1.82, 2.24) is 0 Å². The van der Waals surface area contributed by atoms with Crippen LogP contribution in [0.5, 0.6) is 11.5 Å². The molecule has 0 bridgehead atoms. The molecule has 0 saturated carbocycles. The molecule has 154 valence electrons. The van der Waals surface area contributed by atoms with Crippen molar-refractivity contribution in [2.45, 2.75) is 10.1 Å². The van der Waals surface area contributed by atoms with Crippen LogP contribution >= 0.6 is 11.8 Å². The second-order valence-electron chi connectivity index (χ2n) is 7.09. The van der Waals surface area contributed by atoms with Gasteiger partial charge in [-0.15, -0.1) is 11.8 Å². The van der Waals surface area contributed by atoms with Gasteiger partial charge in [0, 0.05) is 10.5 Å². The summed E-state index contributed by atoms with van der Waals surface area (Å²) in [5.41, 5.74) is 2.16. The Kier molecular flexibility index (Phi) is 4.92. The molecule has 1 aliphatic rings. The van der Waals surface area contributed by atoms with Crippen LogP contribution in [0.4, 0.5) is 5.69 Å². The highest BCUT2D eigenvalue weighted by Crippen LogP contribution is 2.47. The summed E-state index contributed by atoms with van der Waals surface area (Å²) in [4.78, 5) is 13.9. The minimum Gasteiger partial charge on any atom is -0.506 e. The van der Waals surface area contributed by atoms with Crippen LogP contribution in [0.3, 0.4) is 0 Å². The second-order valence-corrected chi connectivity index (χ2v) is 8.27. The van der Waals surface area contributed by atoms with Crippen molar-refractivity contribution < 1.29 is 14.3 Å². The average Bonchev–Trinajstić information content (AvgIpc) is 2.98. The maximum Gasteiger partial charge on any atom is 0.349 e. The van der Waals surface area contributed by atoms with E-state index in [0.29, 0.717) is 16.7 Å². The van der Waals surface area contributed by atoms with Gasteiger partial charge in [-0.2, -0.15) is 0 Å². The van der Waals surface area contributed by atoms with E-state index in [9.17, 15) is 9.90 Å². The molecule has 0 saturated heterocycles. The van der Waals surface area contributed by atoms with Gasteiger partial charge in [0.25, 0.3) is 0 Å². The topological polar surface area (TPSA) is 71.7 Å². The Labute approximate surface area is 183 Å². The average molecular weight is 429 g/mol. The fourth-order valence-electron chi connectivity index (χ4n) is 3.75. The first-order valence-corrected chi connectivity index (χ1v) is 10.7. The van der Waals surface area contributed by atoms with Crippen LogP contribution in [0.25, 0.3) is 16.7 Å². The van der Waals surface area contributed by atoms with Crippen molar-refractivity contribution in [2.24, 2.45) is 0 Å². The lowest BCUT2D eigenvalue weighted by Crippen LogP contribution is -2.12. The number of para-hydroxylation sites is 3. The monoisotopic (exact) mass is 429 g/mol. The molecule has 1 aromatic heterocycles. The number of anilines is 1. The first-order valence-electron chi connectivity index (χ1n) is 9.78.